The quantitative estimate of drug-likeness (QED) is 0.762. The Hall–Kier alpha value is -1.29. The van der Waals surface area contributed by atoms with Gasteiger partial charge in [-0.05, 0) is 30.9 Å². The first-order chi connectivity index (χ1) is 7.29. The minimum Gasteiger partial charge on any atom is -0.495 e. The summed E-state index contributed by atoms with van der Waals surface area (Å²) in [6, 6.07) is 4.05. The molecule has 4 nitrogen and oxygen atoms in total. The number of pyridine rings is 1. The van der Waals surface area contributed by atoms with Crippen LogP contribution in [0.1, 0.15) is 12.8 Å². The second-order valence-corrected chi connectivity index (χ2v) is 3.97. The maximum atomic E-state index is 5.97. The summed E-state index contributed by atoms with van der Waals surface area (Å²) in [6.45, 7) is 0.796. The normalized spacial score (nSPS) is 17.2. The lowest BCUT2D eigenvalue weighted by molar-refractivity contribution is 0.413. The molecule has 1 saturated carbocycles. The molecule has 1 aromatic heterocycles. The van der Waals surface area contributed by atoms with Gasteiger partial charge < -0.3 is 15.8 Å². The zero-order chi connectivity index (χ0) is 10.7. The predicted octanol–water partition coefficient (Wildman–Crippen LogP) is 1.24. The van der Waals surface area contributed by atoms with Gasteiger partial charge in [0.05, 0.1) is 13.3 Å². The van der Waals surface area contributed by atoms with Crippen molar-refractivity contribution in [3.63, 3.8) is 0 Å². The number of aromatic nitrogens is 1. The molecule has 1 aromatic rings. The summed E-state index contributed by atoms with van der Waals surface area (Å²) in [7, 11) is 1.63. The predicted molar refractivity (Wildman–Crippen MR) is 60.0 cm³/mol. The van der Waals surface area contributed by atoms with E-state index in [0.717, 1.165) is 24.0 Å². The van der Waals surface area contributed by atoms with Gasteiger partial charge in [-0.15, -0.1) is 0 Å². The van der Waals surface area contributed by atoms with Crippen molar-refractivity contribution < 1.29 is 4.74 Å². The Morgan fingerprint density at radius 1 is 1.60 bits per heavy atom. The fraction of sp³-hybridized carbons (Fsp3) is 0.545. The highest BCUT2D eigenvalue weighted by atomic mass is 16.5. The average molecular weight is 207 g/mol. The summed E-state index contributed by atoms with van der Waals surface area (Å²) < 4.78 is 5.03. The van der Waals surface area contributed by atoms with Crippen LogP contribution in [0.25, 0.3) is 0 Å². The molecule has 1 unspecified atom stereocenters. The summed E-state index contributed by atoms with van der Waals surface area (Å²) in [5.41, 5.74) is 5.97. The number of nitrogens with zero attached hydrogens (tertiary/aromatic N) is 1. The summed E-state index contributed by atoms with van der Waals surface area (Å²) in [5, 5.41) is 3.23. The summed E-state index contributed by atoms with van der Waals surface area (Å²) in [6.07, 6.45) is 4.25. The van der Waals surface area contributed by atoms with E-state index in [1.165, 1.54) is 12.8 Å². The summed E-state index contributed by atoms with van der Waals surface area (Å²) >= 11 is 0. The van der Waals surface area contributed by atoms with Crippen molar-refractivity contribution in [3.8, 4) is 5.75 Å². The molecule has 0 aromatic carbocycles. The first kappa shape index (κ1) is 10.2. The first-order valence-corrected chi connectivity index (χ1v) is 5.29. The summed E-state index contributed by atoms with van der Waals surface area (Å²) in [4.78, 5) is 4.21. The molecule has 0 bridgehead atoms. The monoisotopic (exact) mass is 207 g/mol. The largest absolute Gasteiger partial charge is 0.495 e. The van der Waals surface area contributed by atoms with E-state index in [4.69, 9.17) is 10.5 Å². The molecule has 0 aliphatic heterocycles. The Morgan fingerprint density at radius 2 is 2.40 bits per heavy atom. The maximum Gasteiger partial charge on any atom is 0.137 e. The van der Waals surface area contributed by atoms with Gasteiger partial charge in [-0.3, -0.25) is 0 Å². The number of anilines is 1. The van der Waals surface area contributed by atoms with E-state index in [0.29, 0.717) is 0 Å². The van der Waals surface area contributed by atoms with Crippen LogP contribution in [-0.2, 0) is 0 Å². The van der Waals surface area contributed by atoms with Gasteiger partial charge in [-0.25, -0.2) is 4.98 Å². The van der Waals surface area contributed by atoms with E-state index in [1.807, 2.05) is 12.1 Å². The van der Waals surface area contributed by atoms with Gasteiger partial charge in [-0.1, -0.05) is 0 Å². The van der Waals surface area contributed by atoms with Crippen LogP contribution in [0.2, 0.25) is 0 Å². The molecule has 0 amide bonds. The smallest absolute Gasteiger partial charge is 0.137 e. The molecular weight excluding hydrogens is 190 g/mol. The van der Waals surface area contributed by atoms with Crippen molar-refractivity contribution in [2.24, 2.45) is 11.7 Å². The summed E-state index contributed by atoms with van der Waals surface area (Å²) in [5.74, 6) is 2.34. The van der Waals surface area contributed by atoms with Crippen molar-refractivity contribution in [2.45, 2.75) is 18.9 Å². The van der Waals surface area contributed by atoms with E-state index in [9.17, 15) is 0 Å². The number of nitrogens with two attached hydrogens (primary N) is 1. The molecular formula is C11H17N3O. The third-order valence-electron chi connectivity index (χ3n) is 2.72. The lowest BCUT2D eigenvalue weighted by Gasteiger charge is -2.11. The first-order valence-electron chi connectivity index (χ1n) is 5.29. The van der Waals surface area contributed by atoms with Crippen LogP contribution in [0.5, 0.6) is 5.75 Å². The molecule has 1 fully saturated rings. The molecule has 1 aliphatic rings. The molecule has 0 spiro atoms. The Balaban J connectivity index is 1.81. The Kier molecular flexibility index (Phi) is 3.06. The second kappa shape index (κ2) is 4.49. The minimum absolute atomic E-state index is 0.258. The van der Waals surface area contributed by atoms with E-state index < -0.39 is 0 Å². The Bertz CT molecular complexity index is 308. The molecule has 0 radical (unpaired) electrons. The Morgan fingerprint density at radius 3 is 2.93 bits per heavy atom. The van der Waals surface area contributed by atoms with Gasteiger partial charge >= 0.3 is 0 Å². The number of ether oxygens (including phenoxy) is 1. The molecule has 15 heavy (non-hydrogen) atoms. The van der Waals surface area contributed by atoms with Crippen molar-refractivity contribution in [1.29, 1.82) is 0 Å². The number of nitrogens with one attached hydrogen (secondary N) is 1. The van der Waals surface area contributed by atoms with Crippen LogP contribution >= 0.6 is 0 Å². The van der Waals surface area contributed by atoms with Gasteiger partial charge in [0.15, 0.2) is 0 Å². The number of hydrogen-bond acceptors (Lipinski definition) is 4. The molecule has 4 heteroatoms. The molecule has 1 heterocycles. The fourth-order valence-corrected chi connectivity index (χ4v) is 1.52. The molecule has 1 aliphatic carbocycles. The van der Waals surface area contributed by atoms with E-state index >= 15 is 0 Å². The van der Waals surface area contributed by atoms with Crippen LogP contribution in [0.15, 0.2) is 18.3 Å². The highest BCUT2D eigenvalue weighted by molar-refractivity contribution is 5.37. The van der Waals surface area contributed by atoms with Gasteiger partial charge in [0.2, 0.25) is 0 Å². The third-order valence-corrected chi connectivity index (χ3v) is 2.72. The Labute approximate surface area is 89.8 Å². The fourth-order valence-electron chi connectivity index (χ4n) is 1.52. The van der Waals surface area contributed by atoms with E-state index in [2.05, 4.69) is 10.3 Å². The third kappa shape index (κ3) is 2.83. The van der Waals surface area contributed by atoms with Crippen molar-refractivity contribution in [1.82, 2.24) is 4.98 Å². The zero-order valence-corrected chi connectivity index (χ0v) is 8.94. The van der Waals surface area contributed by atoms with E-state index in [-0.39, 0.29) is 6.04 Å². The molecule has 82 valence electrons. The number of rotatable bonds is 5. The second-order valence-electron chi connectivity index (χ2n) is 3.97. The zero-order valence-electron chi connectivity index (χ0n) is 8.94. The molecule has 2 rings (SSSR count). The van der Waals surface area contributed by atoms with Gasteiger partial charge in [0.25, 0.3) is 0 Å². The van der Waals surface area contributed by atoms with Crippen molar-refractivity contribution in [3.05, 3.63) is 18.3 Å². The lowest BCUT2D eigenvalue weighted by atomic mass is 10.2. The SMILES string of the molecule is COc1ccc(NCC(N)C2CC2)nc1. The topological polar surface area (TPSA) is 60.2 Å². The van der Waals surface area contributed by atoms with Crippen molar-refractivity contribution in [2.75, 3.05) is 19.0 Å². The van der Waals surface area contributed by atoms with Crippen LogP contribution in [0, 0.1) is 5.92 Å². The van der Waals surface area contributed by atoms with Gasteiger partial charge in [-0.2, -0.15) is 0 Å². The molecule has 3 N–H and O–H groups in total. The van der Waals surface area contributed by atoms with Crippen LogP contribution in [0.4, 0.5) is 5.82 Å². The highest BCUT2D eigenvalue weighted by Gasteiger charge is 2.27. The number of methoxy groups -OCH3 is 1. The van der Waals surface area contributed by atoms with E-state index in [1.54, 1.807) is 13.3 Å². The van der Waals surface area contributed by atoms with Gasteiger partial charge in [0, 0.05) is 12.6 Å². The lowest BCUT2D eigenvalue weighted by Crippen LogP contribution is -2.31. The van der Waals surface area contributed by atoms with Crippen LogP contribution in [-0.4, -0.2) is 24.7 Å². The standard InChI is InChI=1S/C11H17N3O/c1-15-9-4-5-11(13-6-9)14-7-10(12)8-2-3-8/h4-6,8,10H,2-3,7,12H2,1H3,(H,13,14). The van der Waals surface area contributed by atoms with Gasteiger partial charge in [0.1, 0.15) is 11.6 Å². The van der Waals surface area contributed by atoms with Crippen molar-refractivity contribution >= 4 is 5.82 Å². The molecule has 0 saturated heterocycles. The number of hydrogen-bond donors (Lipinski definition) is 2. The minimum atomic E-state index is 0.258. The molecule has 1 atom stereocenters. The highest BCUT2D eigenvalue weighted by Crippen LogP contribution is 2.31. The van der Waals surface area contributed by atoms with Crippen LogP contribution in [0.3, 0.4) is 0 Å². The maximum absolute atomic E-state index is 5.97. The average Bonchev–Trinajstić information content (AvgIpc) is 3.10. The van der Waals surface area contributed by atoms with Crippen LogP contribution < -0.4 is 15.8 Å².